The second kappa shape index (κ2) is 12.4. The first-order chi connectivity index (χ1) is 18.7. The van der Waals surface area contributed by atoms with Crippen LogP contribution in [0.2, 0.25) is 0 Å². The molecule has 0 unspecified atom stereocenters. The van der Waals surface area contributed by atoms with Gasteiger partial charge in [-0.25, -0.2) is 19.0 Å². The second-order valence-electron chi connectivity index (χ2n) is 8.89. The lowest BCUT2D eigenvalue weighted by Gasteiger charge is -2.49. The summed E-state index contributed by atoms with van der Waals surface area (Å²) in [4.78, 5) is 62.2. The number of β-lactam (4-membered cyclic amide) rings is 1. The third-order valence-electron chi connectivity index (χ3n) is 6.16. The van der Waals surface area contributed by atoms with Gasteiger partial charge in [0.1, 0.15) is 28.9 Å². The molecule has 2 aromatic rings. The lowest BCUT2D eigenvalue weighted by molar-refractivity contribution is -0.689. The Bertz CT molecular complexity index is 1290. The molecule has 1 aromatic heterocycles. The Labute approximate surface area is 227 Å². The fourth-order valence-corrected chi connectivity index (χ4v) is 5.64. The summed E-state index contributed by atoms with van der Waals surface area (Å²) in [6, 6.07) is 11.5. The molecule has 204 valence electrons. The normalized spacial score (nSPS) is 18.9. The molecule has 0 radical (unpaired) electrons. The zero-order valence-corrected chi connectivity index (χ0v) is 21.5. The van der Waals surface area contributed by atoms with Crippen molar-refractivity contribution in [3.8, 4) is 5.75 Å². The summed E-state index contributed by atoms with van der Waals surface area (Å²) >= 11 is 1.37. The molecule has 1 saturated heterocycles. The molecule has 0 saturated carbocycles. The number of fused-ring (bicyclic) bond motifs is 1. The van der Waals surface area contributed by atoms with Gasteiger partial charge in [-0.05, 0) is 25.0 Å². The van der Waals surface area contributed by atoms with E-state index in [-0.39, 0.29) is 30.7 Å². The smallest absolute Gasteiger partial charge is 0.413 e. The van der Waals surface area contributed by atoms with Crippen LogP contribution in [-0.2, 0) is 25.7 Å². The number of benzene rings is 1. The minimum absolute atomic E-state index is 0.0397. The number of carboxylic acid groups (broad SMARTS) is 2. The first-order valence-corrected chi connectivity index (χ1v) is 13.2. The number of hydrogen-bond donors (Lipinski definition) is 4. The number of nitrogens with zero attached hydrogens (tertiary/aromatic N) is 2. The lowest BCUT2D eigenvalue weighted by atomic mass is 10.0. The second-order valence-corrected chi connectivity index (χ2v) is 10.00. The highest BCUT2D eigenvalue weighted by Crippen LogP contribution is 2.40. The SMILES string of the molecule is O=C(CCC[C@@H](NC(=O)Oc1ccccc1)C(=O)O)N[C@@H]1C(=O)N2C(C(=O)O)=C(C[n+]3ccccc3)CS[C@H]12. The van der Waals surface area contributed by atoms with Crippen molar-refractivity contribution >= 4 is 41.6 Å². The van der Waals surface area contributed by atoms with E-state index in [1.165, 1.54) is 16.7 Å². The van der Waals surface area contributed by atoms with E-state index >= 15 is 0 Å². The van der Waals surface area contributed by atoms with Crippen LogP contribution < -0.4 is 19.9 Å². The van der Waals surface area contributed by atoms with Crippen LogP contribution in [0.15, 0.2) is 72.2 Å². The summed E-state index contributed by atoms with van der Waals surface area (Å²) in [5, 5.41) is 23.6. The number of ether oxygens (including phenoxy) is 1. The molecule has 4 rings (SSSR count). The number of nitrogens with one attached hydrogen (secondary N) is 2. The van der Waals surface area contributed by atoms with Gasteiger partial charge in [-0.3, -0.25) is 14.5 Å². The molecule has 13 heteroatoms. The number of carboxylic acids is 2. The van der Waals surface area contributed by atoms with E-state index in [4.69, 9.17) is 4.74 Å². The van der Waals surface area contributed by atoms with Crippen molar-refractivity contribution in [1.82, 2.24) is 15.5 Å². The molecular formula is C26H27N4O8S+. The summed E-state index contributed by atoms with van der Waals surface area (Å²) in [6.45, 7) is 0.320. The van der Waals surface area contributed by atoms with Crippen LogP contribution in [0.4, 0.5) is 4.79 Å². The van der Waals surface area contributed by atoms with Gasteiger partial charge in [-0.15, -0.1) is 11.8 Å². The van der Waals surface area contributed by atoms with E-state index in [0.717, 1.165) is 0 Å². The molecule has 3 atom stereocenters. The molecule has 0 spiro atoms. The van der Waals surface area contributed by atoms with Gasteiger partial charge in [0.05, 0.1) is 0 Å². The van der Waals surface area contributed by atoms with Gasteiger partial charge < -0.3 is 25.6 Å². The molecule has 39 heavy (non-hydrogen) atoms. The molecule has 2 aliphatic rings. The van der Waals surface area contributed by atoms with Crippen LogP contribution in [0.1, 0.15) is 19.3 Å². The van der Waals surface area contributed by atoms with Gasteiger partial charge in [0.25, 0.3) is 5.91 Å². The number of carbonyl (C=O) groups excluding carboxylic acids is 3. The van der Waals surface area contributed by atoms with E-state index in [2.05, 4.69) is 10.6 Å². The highest BCUT2D eigenvalue weighted by atomic mass is 32.2. The number of pyridine rings is 1. The summed E-state index contributed by atoms with van der Waals surface area (Å²) in [7, 11) is 0. The van der Waals surface area contributed by atoms with E-state index in [9.17, 15) is 34.2 Å². The van der Waals surface area contributed by atoms with E-state index in [1.807, 2.05) is 22.8 Å². The topological polar surface area (TPSA) is 166 Å². The van der Waals surface area contributed by atoms with Crippen LogP contribution in [0, 0.1) is 0 Å². The monoisotopic (exact) mass is 555 g/mol. The van der Waals surface area contributed by atoms with Crippen LogP contribution in [0.25, 0.3) is 0 Å². The lowest BCUT2D eigenvalue weighted by Crippen LogP contribution is -2.70. The van der Waals surface area contributed by atoms with E-state index < -0.39 is 47.3 Å². The van der Waals surface area contributed by atoms with Crippen molar-refractivity contribution in [2.24, 2.45) is 0 Å². The zero-order valence-electron chi connectivity index (χ0n) is 20.7. The number of rotatable bonds is 11. The quantitative estimate of drug-likeness (QED) is 0.235. The first-order valence-electron chi connectivity index (χ1n) is 12.1. The van der Waals surface area contributed by atoms with Gasteiger partial charge >= 0.3 is 18.0 Å². The summed E-state index contributed by atoms with van der Waals surface area (Å²) in [5.41, 5.74) is 0.527. The van der Waals surface area contributed by atoms with Gasteiger partial charge in [0, 0.05) is 29.9 Å². The molecule has 12 nitrogen and oxygen atoms in total. The van der Waals surface area contributed by atoms with Crippen molar-refractivity contribution in [3.05, 3.63) is 72.2 Å². The Hall–Kier alpha value is -4.39. The Kier molecular flexibility index (Phi) is 8.81. The Morgan fingerprint density at radius 1 is 1.08 bits per heavy atom. The maximum Gasteiger partial charge on any atom is 0.413 e. The van der Waals surface area contributed by atoms with Gasteiger partial charge in [0.15, 0.2) is 18.9 Å². The van der Waals surface area contributed by atoms with Crippen molar-refractivity contribution in [2.45, 2.75) is 43.3 Å². The minimum Gasteiger partial charge on any atom is -0.480 e. The average molecular weight is 556 g/mol. The van der Waals surface area contributed by atoms with Crippen LogP contribution in [0.5, 0.6) is 5.75 Å². The highest BCUT2D eigenvalue weighted by molar-refractivity contribution is 8.00. The third kappa shape index (κ3) is 6.74. The minimum atomic E-state index is -1.28. The Morgan fingerprint density at radius 3 is 2.44 bits per heavy atom. The largest absolute Gasteiger partial charge is 0.480 e. The van der Waals surface area contributed by atoms with Crippen molar-refractivity contribution in [3.63, 3.8) is 0 Å². The summed E-state index contributed by atoms with van der Waals surface area (Å²) < 4.78 is 6.86. The first kappa shape index (κ1) is 27.6. The average Bonchev–Trinajstić information content (AvgIpc) is 2.91. The van der Waals surface area contributed by atoms with Crippen LogP contribution >= 0.6 is 11.8 Å². The van der Waals surface area contributed by atoms with E-state index in [1.54, 1.807) is 42.7 Å². The molecular weight excluding hydrogens is 528 g/mol. The van der Waals surface area contributed by atoms with Gasteiger partial charge in [-0.1, -0.05) is 24.3 Å². The van der Waals surface area contributed by atoms with Crippen molar-refractivity contribution < 1.29 is 43.5 Å². The predicted molar refractivity (Wildman–Crippen MR) is 137 cm³/mol. The summed E-state index contributed by atoms with van der Waals surface area (Å²) in [6.07, 6.45) is 2.68. The molecule has 3 heterocycles. The third-order valence-corrected chi connectivity index (χ3v) is 7.50. The number of hydrogen-bond acceptors (Lipinski definition) is 7. The van der Waals surface area contributed by atoms with Gasteiger partial charge in [0.2, 0.25) is 5.91 Å². The van der Waals surface area contributed by atoms with Crippen LogP contribution in [0.3, 0.4) is 0 Å². The predicted octanol–water partition coefficient (Wildman–Crippen LogP) is 1.12. The maximum atomic E-state index is 12.8. The molecule has 1 fully saturated rings. The number of carbonyl (C=O) groups is 5. The molecule has 2 aliphatic heterocycles. The zero-order chi connectivity index (χ0) is 27.9. The van der Waals surface area contributed by atoms with Gasteiger partial charge in [-0.2, -0.15) is 0 Å². The number of para-hydroxylation sites is 1. The maximum absolute atomic E-state index is 12.8. The molecule has 1 aromatic carbocycles. The molecule has 0 aliphatic carbocycles. The Balaban J connectivity index is 1.28. The summed E-state index contributed by atoms with van der Waals surface area (Å²) in [5.74, 6) is -2.83. The number of aliphatic carboxylic acids is 2. The van der Waals surface area contributed by atoms with E-state index in [0.29, 0.717) is 17.9 Å². The standard InChI is InChI=1S/C26H26N4O8S/c31-19(11-7-10-18(24(33)34)27-26(37)38-17-8-3-1-4-9-17)28-20-22(32)30-21(25(35)36)16(15-39-23(20)30)14-29-12-5-2-6-13-29/h1-6,8-9,12-13,18,20,23H,7,10-11,14-15H2,(H3-,27,28,31,33,34,35,36,37)/p+1/t18-,20-,23-/m1/s1. The number of amides is 3. The number of aromatic nitrogens is 1. The molecule has 3 amide bonds. The fourth-order valence-electron chi connectivity index (χ4n) is 4.30. The number of thioether (sulfide) groups is 1. The van der Waals surface area contributed by atoms with Crippen molar-refractivity contribution in [1.29, 1.82) is 0 Å². The van der Waals surface area contributed by atoms with Crippen LogP contribution in [-0.4, -0.2) is 68.2 Å². The molecule has 4 N–H and O–H groups in total. The van der Waals surface area contributed by atoms with Crippen molar-refractivity contribution in [2.75, 3.05) is 5.75 Å². The highest BCUT2D eigenvalue weighted by Gasteiger charge is 2.54. The Morgan fingerprint density at radius 2 is 1.77 bits per heavy atom. The molecule has 0 bridgehead atoms. The fraction of sp³-hybridized carbons (Fsp3) is 0.308.